The summed E-state index contributed by atoms with van der Waals surface area (Å²) >= 11 is 0. The van der Waals surface area contributed by atoms with E-state index in [0.717, 1.165) is 56.4 Å². The van der Waals surface area contributed by atoms with Crippen molar-refractivity contribution in [1.82, 2.24) is 0 Å². The lowest BCUT2D eigenvalue weighted by atomic mass is 9.99. The van der Waals surface area contributed by atoms with Crippen molar-refractivity contribution in [3.8, 4) is 44.5 Å². The Kier molecular flexibility index (Phi) is 10.3. The molecule has 2 heteroatoms. The molecule has 64 heavy (non-hydrogen) atoms. The number of rotatable bonds is 10. The number of hydrogen-bond donors (Lipinski definition) is 0. The Labute approximate surface area is 375 Å². The normalized spacial score (nSPS) is 11.1. The molecule has 302 valence electrons. The van der Waals surface area contributed by atoms with Crippen molar-refractivity contribution in [3.05, 3.63) is 267 Å². The lowest BCUT2D eigenvalue weighted by molar-refractivity contribution is 1.29. The molecule has 0 unspecified atom stereocenters. The molecular formula is C62H44N2. The summed E-state index contributed by atoms with van der Waals surface area (Å²) in [5.41, 5.74) is 16.1. The van der Waals surface area contributed by atoms with E-state index in [2.05, 4.69) is 277 Å². The number of anilines is 6. The van der Waals surface area contributed by atoms with Gasteiger partial charge in [0, 0.05) is 34.1 Å². The zero-order valence-corrected chi connectivity index (χ0v) is 35.3. The van der Waals surface area contributed by atoms with Crippen LogP contribution in [0.4, 0.5) is 34.1 Å². The summed E-state index contributed by atoms with van der Waals surface area (Å²) in [5, 5.41) is 4.87. The average molecular weight is 817 g/mol. The Hall–Kier alpha value is -8.46. The summed E-state index contributed by atoms with van der Waals surface area (Å²) in [6.45, 7) is 0. The Morgan fingerprint density at radius 2 is 0.438 bits per heavy atom. The molecule has 11 aromatic rings. The van der Waals surface area contributed by atoms with Crippen molar-refractivity contribution in [1.29, 1.82) is 0 Å². The molecule has 0 spiro atoms. The minimum atomic E-state index is 1.10. The van der Waals surface area contributed by atoms with E-state index in [0.29, 0.717) is 0 Å². The highest BCUT2D eigenvalue weighted by Gasteiger charge is 2.17. The maximum Gasteiger partial charge on any atom is 0.0468 e. The van der Waals surface area contributed by atoms with Crippen LogP contribution in [0.15, 0.2) is 267 Å². The van der Waals surface area contributed by atoms with Gasteiger partial charge in [-0.15, -0.1) is 0 Å². The summed E-state index contributed by atoms with van der Waals surface area (Å²) in [4.78, 5) is 4.72. The molecule has 0 amide bonds. The second-order valence-electron chi connectivity index (χ2n) is 16.2. The van der Waals surface area contributed by atoms with Crippen LogP contribution in [0.3, 0.4) is 0 Å². The van der Waals surface area contributed by atoms with Crippen LogP contribution in [0, 0.1) is 0 Å². The highest BCUT2D eigenvalue weighted by atomic mass is 15.1. The van der Waals surface area contributed by atoms with Gasteiger partial charge in [0.05, 0.1) is 0 Å². The fraction of sp³-hybridized carbons (Fsp3) is 0. The van der Waals surface area contributed by atoms with E-state index in [1.165, 1.54) is 43.8 Å². The van der Waals surface area contributed by atoms with Crippen molar-refractivity contribution in [2.45, 2.75) is 0 Å². The Morgan fingerprint density at radius 1 is 0.156 bits per heavy atom. The zero-order valence-electron chi connectivity index (χ0n) is 35.3. The number of nitrogens with zero attached hydrogens (tertiary/aromatic N) is 2. The van der Waals surface area contributed by atoms with E-state index >= 15 is 0 Å². The van der Waals surface area contributed by atoms with E-state index in [1.54, 1.807) is 0 Å². The van der Waals surface area contributed by atoms with E-state index in [4.69, 9.17) is 0 Å². The summed E-state index contributed by atoms with van der Waals surface area (Å²) in [5.74, 6) is 0. The van der Waals surface area contributed by atoms with Gasteiger partial charge in [-0.2, -0.15) is 0 Å². The number of benzene rings is 11. The molecule has 0 radical (unpaired) electrons. The van der Waals surface area contributed by atoms with Crippen molar-refractivity contribution in [3.63, 3.8) is 0 Å². The predicted molar refractivity (Wildman–Crippen MR) is 273 cm³/mol. The molecule has 0 bridgehead atoms. The molecular weight excluding hydrogens is 773 g/mol. The molecule has 0 aromatic heterocycles. The third-order valence-corrected chi connectivity index (χ3v) is 12.2. The lowest BCUT2D eigenvalue weighted by Gasteiger charge is -2.27. The fourth-order valence-corrected chi connectivity index (χ4v) is 8.90. The van der Waals surface area contributed by atoms with Gasteiger partial charge in [0.1, 0.15) is 0 Å². The van der Waals surface area contributed by atoms with Gasteiger partial charge in [-0.3, -0.25) is 0 Å². The summed E-state index contributed by atoms with van der Waals surface area (Å²) in [6, 6.07) is 96.3. The molecule has 0 fully saturated rings. The van der Waals surface area contributed by atoms with Crippen molar-refractivity contribution < 1.29 is 0 Å². The zero-order chi connectivity index (χ0) is 42.7. The van der Waals surface area contributed by atoms with Crippen LogP contribution < -0.4 is 9.80 Å². The van der Waals surface area contributed by atoms with Crippen molar-refractivity contribution in [2.75, 3.05) is 9.80 Å². The smallest absolute Gasteiger partial charge is 0.0468 e. The topological polar surface area (TPSA) is 6.48 Å². The Morgan fingerprint density at radius 3 is 0.844 bits per heavy atom. The first kappa shape index (κ1) is 38.5. The number of fused-ring (bicyclic) bond motifs is 2. The SMILES string of the molecule is c1ccc(-c2ccc(N(c3cccc(-c4ccc(-c5cccc(N(c6ccc(-c7ccccc7)cc6)c6ccc7ccccc7c6)c5)cc4)c3)c3ccc4ccccc4c3)cc2)cc1. The van der Waals surface area contributed by atoms with Gasteiger partial charge in [0.2, 0.25) is 0 Å². The minimum Gasteiger partial charge on any atom is -0.310 e. The van der Waals surface area contributed by atoms with Gasteiger partial charge in [0.25, 0.3) is 0 Å². The monoisotopic (exact) mass is 816 g/mol. The third kappa shape index (κ3) is 7.81. The largest absolute Gasteiger partial charge is 0.310 e. The molecule has 0 aliphatic heterocycles. The van der Waals surface area contributed by atoms with Gasteiger partial charge in [-0.1, -0.05) is 194 Å². The van der Waals surface area contributed by atoms with Crippen LogP contribution in [0.1, 0.15) is 0 Å². The summed E-state index contributed by atoms with van der Waals surface area (Å²) < 4.78 is 0. The van der Waals surface area contributed by atoms with Crippen LogP contribution in [-0.2, 0) is 0 Å². The van der Waals surface area contributed by atoms with Gasteiger partial charge in [0.15, 0.2) is 0 Å². The molecule has 0 aliphatic carbocycles. The molecule has 2 nitrogen and oxygen atoms in total. The first-order chi connectivity index (χ1) is 31.7. The molecule has 0 aliphatic rings. The number of hydrogen-bond acceptors (Lipinski definition) is 2. The average Bonchev–Trinajstić information content (AvgIpc) is 3.38. The van der Waals surface area contributed by atoms with Gasteiger partial charge in [-0.05, 0) is 139 Å². The minimum absolute atomic E-state index is 1.10. The quantitative estimate of drug-likeness (QED) is 0.136. The predicted octanol–water partition coefficient (Wildman–Crippen LogP) is 17.6. The second-order valence-corrected chi connectivity index (χ2v) is 16.2. The van der Waals surface area contributed by atoms with E-state index in [1.807, 2.05) is 0 Å². The molecule has 11 rings (SSSR count). The summed E-state index contributed by atoms with van der Waals surface area (Å²) in [7, 11) is 0. The highest BCUT2D eigenvalue weighted by molar-refractivity contribution is 5.92. The van der Waals surface area contributed by atoms with Crippen LogP contribution in [0.25, 0.3) is 66.1 Å². The third-order valence-electron chi connectivity index (χ3n) is 12.2. The Bertz CT molecular complexity index is 3130. The molecule has 11 aromatic carbocycles. The van der Waals surface area contributed by atoms with E-state index in [-0.39, 0.29) is 0 Å². The van der Waals surface area contributed by atoms with Gasteiger partial charge < -0.3 is 9.80 Å². The van der Waals surface area contributed by atoms with Gasteiger partial charge >= 0.3 is 0 Å². The standard InChI is InChI=1S/C62H44N2/c1-3-13-45(14-4-1)49-29-35-57(36-30-49)63(61-39-33-47-17-7-9-19-53(47)43-61)59-23-11-21-55(41-59)51-25-27-52(28-26-51)56-22-12-24-60(42-56)64(62-40-34-48-18-8-10-20-54(48)44-62)58-37-31-50(32-38-58)46-15-5-2-6-16-46/h1-44H. The first-order valence-corrected chi connectivity index (χ1v) is 21.9. The molecule has 0 heterocycles. The molecule has 0 atom stereocenters. The van der Waals surface area contributed by atoms with Crippen molar-refractivity contribution in [2.24, 2.45) is 0 Å². The second kappa shape index (κ2) is 17.1. The fourth-order valence-electron chi connectivity index (χ4n) is 8.90. The van der Waals surface area contributed by atoms with Crippen molar-refractivity contribution >= 4 is 55.7 Å². The first-order valence-electron chi connectivity index (χ1n) is 21.9. The maximum absolute atomic E-state index is 2.36. The Balaban J connectivity index is 0.926. The maximum atomic E-state index is 2.36. The van der Waals surface area contributed by atoms with Crippen LogP contribution >= 0.6 is 0 Å². The lowest BCUT2D eigenvalue weighted by Crippen LogP contribution is -2.10. The van der Waals surface area contributed by atoms with Gasteiger partial charge in [-0.25, -0.2) is 0 Å². The van der Waals surface area contributed by atoms with E-state index < -0.39 is 0 Å². The molecule has 0 saturated heterocycles. The summed E-state index contributed by atoms with van der Waals surface area (Å²) in [6.07, 6.45) is 0. The molecule has 0 N–H and O–H groups in total. The highest BCUT2D eigenvalue weighted by Crippen LogP contribution is 2.41. The molecule has 0 saturated carbocycles. The van der Waals surface area contributed by atoms with E-state index in [9.17, 15) is 0 Å². The van der Waals surface area contributed by atoms with Crippen LogP contribution in [0.2, 0.25) is 0 Å². The van der Waals surface area contributed by atoms with Crippen LogP contribution in [0.5, 0.6) is 0 Å². The van der Waals surface area contributed by atoms with Crippen LogP contribution in [-0.4, -0.2) is 0 Å².